The topological polar surface area (TPSA) is 83.4 Å². The maximum absolute atomic E-state index is 5.69. The molecule has 6 nitrogen and oxygen atoms in total. The van der Waals surface area contributed by atoms with Gasteiger partial charge in [0, 0.05) is 24.1 Å². The van der Waals surface area contributed by atoms with Gasteiger partial charge in [-0.2, -0.15) is 4.98 Å². The largest absolute Gasteiger partial charge is 0.497 e. The van der Waals surface area contributed by atoms with Crippen LogP contribution in [0.15, 0.2) is 22.7 Å². The van der Waals surface area contributed by atoms with Gasteiger partial charge in [-0.15, -0.1) is 0 Å². The second-order valence-electron chi connectivity index (χ2n) is 4.67. The van der Waals surface area contributed by atoms with E-state index < -0.39 is 0 Å². The molecule has 0 aliphatic carbocycles. The first-order valence-electron chi connectivity index (χ1n) is 6.46. The van der Waals surface area contributed by atoms with Crippen molar-refractivity contribution in [3.63, 3.8) is 0 Å². The zero-order valence-corrected chi connectivity index (χ0v) is 11.9. The van der Waals surface area contributed by atoms with Gasteiger partial charge in [-0.1, -0.05) is 25.1 Å². The Labute approximate surface area is 117 Å². The number of benzene rings is 1. The second kappa shape index (κ2) is 6.38. The summed E-state index contributed by atoms with van der Waals surface area (Å²) < 4.78 is 16.0. The Bertz CT molecular complexity index is 567. The summed E-state index contributed by atoms with van der Waals surface area (Å²) in [5, 5.41) is 3.89. The predicted octanol–water partition coefficient (Wildman–Crippen LogP) is 2.24. The Morgan fingerprint density at radius 3 is 2.75 bits per heavy atom. The van der Waals surface area contributed by atoms with Crippen LogP contribution in [0.1, 0.15) is 37.0 Å². The molecule has 0 spiro atoms. The molecule has 1 aromatic heterocycles. The maximum atomic E-state index is 5.69. The molecule has 0 saturated carbocycles. The Morgan fingerprint density at radius 2 is 2.15 bits per heavy atom. The van der Waals surface area contributed by atoms with Crippen molar-refractivity contribution in [1.29, 1.82) is 0 Å². The third-order valence-electron chi connectivity index (χ3n) is 2.85. The van der Waals surface area contributed by atoms with Gasteiger partial charge in [-0.05, 0) is 6.07 Å². The quantitative estimate of drug-likeness (QED) is 0.871. The molecule has 2 aromatic rings. The summed E-state index contributed by atoms with van der Waals surface area (Å²) in [5.74, 6) is 2.72. The molecule has 20 heavy (non-hydrogen) atoms. The minimum Gasteiger partial charge on any atom is -0.497 e. The molecule has 0 unspecified atom stereocenters. The molecule has 1 heterocycles. The van der Waals surface area contributed by atoms with Gasteiger partial charge in [0.15, 0.2) is 12.4 Å². The highest BCUT2D eigenvalue weighted by Gasteiger charge is 2.11. The normalized spacial score (nSPS) is 10.8. The molecule has 0 amide bonds. The molecule has 6 heteroatoms. The third kappa shape index (κ3) is 3.27. The molecule has 0 aliphatic heterocycles. The van der Waals surface area contributed by atoms with Crippen LogP contribution in [0, 0.1) is 0 Å². The van der Waals surface area contributed by atoms with Crippen molar-refractivity contribution in [3.05, 3.63) is 35.5 Å². The molecule has 0 aliphatic rings. The van der Waals surface area contributed by atoms with Gasteiger partial charge in [0.1, 0.15) is 11.5 Å². The highest BCUT2D eigenvalue weighted by Crippen LogP contribution is 2.25. The molecule has 0 saturated heterocycles. The number of hydrogen-bond donors (Lipinski definition) is 1. The molecule has 0 bridgehead atoms. The smallest absolute Gasteiger partial charge is 0.264 e. The Kier molecular flexibility index (Phi) is 4.57. The lowest BCUT2D eigenvalue weighted by Crippen LogP contribution is -2.03. The van der Waals surface area contributed by atoms with Crippen LogP contribution in [0.3, 0.4) is 0 Å². The molecule has 0 atom stereocenters. The van der Waals surface area contributed by atoms with E-state index >= 15 is 0 Å². The van der Waals surface area contributed by atoms with E-state index in [-0.39, 0.29) is 12.5 Å². The lowest BCUT2D eigenvalue weighted by Gasteiger charge is -2.10. The maximum Gasteiger partial charge on any atom is 0.264 e. The summed E-state index contributed by atoms with van der Waals surface area (Å²) in [5.41, 5.74) is 6.58. The van der Waals surface area contributed by atoms with E-state index in [0.717, 1.165) is 5.56 Å². The highest BCUT2D eigenvalue weighted by molar-refractivity contribution is 5.40. The SMILES string of the molecule is COc1ccc(CN)c(OCc2nc(C(C)C)no2)c1. The first-order chi connectivity index (χ1) is 9.63. The Balaban J connectivity index is 2.09. The van der Waals surface area contributed by atoms with Crippen molar-refractivity contribution in [3.8, 4) is 11.5 Å². The van der Waals surface area contributed by atoms with E-state index in [1.807, 2.05) is 26.0 Å². The van der Waals surface area contributed by atoms with Crippen LogP contribution in [-0.4, -0.2) is 17.3 Å². The second-order valence-corrected chi connectivity index (χ2v) is 4.67. The lowest BCUT2D eigenvalue weighted by molar-refractivity contribution is 0.239. The van der Waals surface area contributed by atoms with Gasteiger partial charge in [0.05, 0.1) is 7.11 Å². The number of methoxy groups -OCH3 is 1. The van der Waals surface area contributed by atoms with Crippen molar-refractivity contribution >= 4 is 0 Å². The summed E-state index contributed by atoms with van der Waals surface area (Å²) in [7, 11) is 1.61. The fourth-order valence-corrected chi connectivity index (χ4v) is 1.67. The molecule has 0 fully saturated rings. The van der Waals surface area contributed by atoms with Crippen molar-refractivity contribution in [2.75, 3.05) is 7.11 Å². The van der Waals surface area contributed by atoms with Crippen molar-refractivity contribution in [2.45, 2.75) is 32.9 Å². The lowest BCUT2D eigenvalue weighted by atomic mass is 10.2. The molecular weight excluding hydrogens is 258 g/mol. The van der Waals surface area contributed by atoms with Gasteiger partial charge >= 0.3 is 0 Å². The summed E-state index contributed by atoms with van der Waals surface area (Å²) in [6.07, 6.45) is 0. The van der Waals surface area contributed by atoms with E-state index in [4.69, 9.17) is 19.7 Å². The molecule has 1 aromatic carbocycles. The first kappa shape index (κ1) is 14.3. The number of nitrogens with zero attached hydrogens (tertiary/aromatic N) is 2. The zero-order chi connectivity index (χ0) is 14.5. The van der Waals surface area contributed by atoms with Crippen molar-refractivity contribution in [1.82, 2.24) is 10.1 Å². The van der Waals surface area contributed by atoms with Crippen LogP contribution in [0.5, 0.6) is 11.5 Å². The fourth-order valence-electron chi connectivity index (χ4n) is 1.67. The van der Waals surface area contributed by atoms with E-state index in [1.165, 1.54) is 0 Å². The minimum absolute atomic E-state index is 0.208. The van der Waals surface area contributed by atoms with E-state index in [9.17, 15) is 0 Å². The van der Waals surface area contributed by atoms with Gasteiger partial charge in [-0.3, -0.25) is 0 Å². The Morgan fingerprint density at radius 1 is 1.35 bits per heavy atom. The molecule has 2 rings (SSSR count). The van der Waals surface area contributed by atoms with Crippen LogP contribution in [-0.2, 0) is 13.2 Å². The van der Waals surface area contributed by atoms with Gasteiger partial charge in [0.25, 0.3) is 5.89 Å². The average Bonchev–Trinajstić information content (AvgIpc) is 2.93. The molecular formula is C14H19N3O3. The van der Waals surface area contributed by atoms with Gasteiger partial charge < -0.3 is 19.7 Å². The van der Waals surface area contributed by atoms with Crippen molar-refractivity contribution in [2.24, 2.45) is 5.73 Å². The van der Waals surface area contributed by atoms with Crippen LogP contribution < -0.4 is 15.2 Å². The molecule has 0 radical (unpaired) electrons. The van der Waals surface area contributed by atoms with Crippen molar-refractivity contribution < 1.29 is 14.0 Å². The highest BCUT2D eigenvalue weighted by atomic mass is 16.5. The van der Waals surface area contributed by atoms with Crippen LogP contribution in [0.25, 0.3) is 0 Å². The van der Waals surface area contributed by atoms with Crippen LogP contribution in [0.4, 0.5) is 0 Å². The van der Waals surface area contributed by atoms with E-state index in [1.54, 1.807) is 13.2 Å². The van der Waals surface area contributed by atoms with E-state index in [0.29, 0.717) is 29.8 Å². The summed E-state index contributed by atoms with van der Waals surface area (Å²) in [6, 6.07) is 5.52. The molecule has 108 valence electrons. The predicted molar refractivity (Wildman–Crippen MR) is 73.6 cm³/mol. The number of nitrogens with two attached hydrogens (primary N) is 1. The van der Waals surface area contributed by atoms with Gasteiger partial charge in [-0.25, -0.2) is 0 Å². The first-order valence-corrected chi connectivity index (χ1v) is 6.46. The summed E-state index contributed by atoms with van der Waals surface area (Å²) >= 11 is 0. The number of rotatable bonds is 6. The number of ether oxygens (including phenoxy) is 2. The zero-order valence-electron chi connectivity index (χ0n) is 11.9. The molecule has 2 N–H and O–H groups in total. The third-order valence-corrected chi connectivity index (χ3v) is 2.85. The minimum atomic E-state index is 0.208. The van der Waals surface area contributed by atoms with Crippen LogP contribution >= 0.6 is 0 Å². The average molecular weight is 277 g/mol. The number of aromatic nitrogens is 2. The number of hydrogen-bond acceptors (Lipinski definition) is 6. The monoisotopic (exact) mass is 277 g/mol. The summed E-state index contributed by atoms with van der Waals surface area (Å²) in [4.78, 5) is 4.26. The van der Waals surface area contributed by atoms with Crippen LogP contribution in [0.2, 0.25) is 0 Å². The van der Waals surface area contributed by atoms with E-state index in [2.05, 4.69) is 10.1 Å². The Hall–Kier alpha value is -2.08. The van der Waals surface area contributed by atoms with Gasteiger partial charge in [0.2, 0.25) is 0 Å². The summed E-state index contributed by atoms with van der Waals surface area (Å²) in [6.45, 7) is 4.61. The standard InChI is InChI=1S/C14H19N3O3/c1-9(2)14-16-13(20-17-14)8-19-12-6-11(18-3)5-4-10(12)7-15/h4-6,9H,7-8,15H2,1-3H3. The fraction of sp³-hybridized carbons (Fsp3) is 0.429.